The number of aryl methyl sites for hydroxylation is 1. The van der Waals surface area contributed by atoms with Crippen LogP contribution in [0.4, 0.5) is 0 Å². The minimum Gasteiger partial charge on any atom is -0.327 e. The van der Waals surface area contributed by atoms with Gasteiger partial charge in [-0.3, -0.25) is 4.98 Å². The second-order valence-electron chi connectivity index (χ2n) is 4.96. The van der Waals surface area contributed by atoms with Crippen molar-refractivity contribution in [2.45, 2.75) is 51.0 Å². The van der Waals surface area contributed by atoms with E-state index in [1.54, 1.807) is 0 Å². The Balaban J connectivity index is 1.67. The molecular weight excluding hydrogens is 196 g/mol. The van der Waals surface area contributed by atoms with Gasteiger partial charge in [-0.05, 0) is 49.7 Å². The summed E-state index contributed by atoms with van der Waals surface area (Å²) >= 11 is 0. The summed E-state index contributed by atoms with van der Waals surface area (Å²) in [6.07, 6.45) is 12.8. The van der Waals surface area contributed by atoms with E-state index in [0.717, 1.165) is 12.3 Å². The number of rotatable bonds is 5. The lowest BCUT2D eigenvalue weighted by Crippen LogP contribution is -2.28. The number of hydrogen-bond donors (Lipinski definition) is 1. The molecule has 0 bridgehead atoms. The summed E-state index contributed by atoms with van der Waals surface area (Å²) in [6, 6.07) is 4.58. The van der Waals surface area contributed by atoms with Gasteiger partial charge in [0.1, 0.15) is 0 Å². The Hall–Kier alpha value is -0.890. The fourth-order valence-electron chi connectivity index (χ4n) is 2.71. The van der Waals surface area contributed by atoms with Gasteiger partial charge >= 0.3 is 0 Å². The molecule has 2 N–H and O–H groups in total. The van der Waals surface area contributed by atoms with Gasteiger partial charge in [-0.25, -0.2) is 0 Å². The van der Waals surface area contributed by atoms with Crippen LogP contribution in [0.25, 0.3) is 0 Å². The fourth-order valence-corrected chi connectivity index (χ4v) is 2.71. The highest BCUT2D eigenvalue weighted by atomic mass is 14.7. The Morgan fingerprint density at radius 2 is 2.19 bits per heavy atom. The van der Waals surface area contributed by atoms with Crippen molar-refractivity contribution in [1.29, 1.82) is 0 Å². The SMILES string of the molecule is N[C@@H](CCCc1cccnc1)C1CCCC1. The van der Waals surface area contributed by atoms with Crippen molar-refractivity contribution in [3.8, 4) is 0 Å². The average Bonchev–Trinajstić information content (AvgIpc) is 2.84. The molecule has 0 amide bonds. The molecule has 0 radical (unpaired) electrons. The molecule has 0 spiro atoms. The van der Waals surface area contributed by atoms with Crippen LogP contribution in [0.5, 0.6) is 0 Å². The molecule has 0 unspecified atom stereocenters. The molecule has 1 aromatic heterocycles. The van der Waals surface area contributed by atoms with Crippen LogP contribution in [0.15, 0.2) is 24.5 Å². The number of pyridine rings is 1. The number of hydrogen-bond acceptors (Lipinski definition) is 2. The van der Waals surface area contributed by atoms with Crippen LogP contribution in [-0.2, 0) is 6.42 Å². The molecule has 88 valence electrons. The third-order valence-corrected chi connectivity index (χ3v) is 3.73. The quantitative estimate of drug-likeness (QED) is 0.825. The van der Waals surface area contributed by atoms with Crippen LogP contribution >= 0.6 is 0 Å². The van der Waals surface area contributed by atoms with Crippen LogP contribution in [0.3, 0.4) is 0 Å². The first-order valence-corrected chi connectivity index (χ1v) is 6.51. The van der Waals surface area contributed by atoms with Crippen molar-refractivity contribution in [3.05, 3.63) is 30.1 Å². The molecule has 1 aromatic rings. The first-order valence-electron chi connectivity index (χ1n) is 6.51. The van der Waals surface area contributed by atoms with Crippen molar-refractivity contribution in [2.24, 2.45) is 11.7 Å². The van der Waals surface area contributed by atoms with E-state index in [9.17, 15) is 0 Å². The van der Waals surface area contributed by atoms with Gasteiger partial charge in [-0.2, -0.15) is 0 Å². The molecule has 16 heavy (non-hydrogen) atoms. The van der Waals surface area contributed by atoms with E-state index >= 15 is 0 Å². The predicted octanol–water partition coefficient (Wildman–Crippen LogP) is 2.92. The van der Waals surface area contributed by atoms with Gasteiger partial charge < -0.3 is 5.73 Å². The molecule has 2 nitrogen and oxygen atoms in total. The molecule has 1 heterocycles. The molecule has 0 aromatic carbocycles. The van der Waals surface area contributed by atoms with E-state index in [0.29, 0.717) is 6.04 Å². The Labute approximate surface area is 98.3 Å². The van der Waals surface area contributed by atoms with E-state index in [1.807, 2.05) is 18.5 Å². The van der Waals surface area contributed by atoms with E-state index in [-0.39, 0.29) is 0 Å². The smallest absolute Gasteiger partial charge is 0.0299 e. The average molecular weight is 218 g/mol. The van der Waals surface area contributed by atoms with Crippen LogP contribution < -0.4 is 5.73 Å². The number of aromatic nitrogens is 1. The summed E-state index contributed by atoms with van der Waals surface area (Å²) < 4.78 is 0. The highest BCUT2D eigenvalue weighted by Crippen LogP contribution is 2.28. The Morgan fingerprint density at radius 3 is 2.88 bits per heavy atom. The minimum atomic E-state index is 0.430. The third-order valence-electron chi connectivity index (χ3n) is 3.73. The topological polar surface area (TPSA) is 38.9 Å². The van der Waals surface area contributed by atoms with Crippen LogP contribution in [0, 0.1) is 5.92 Å². The molecule has 0 aliphatic heterocycles. The largest absolute Gasteiger partial charge is 0.327 e. The Bertz CT molecular complexity index is 291. The monoisotopic (exact) mass is 218 g/mol. The molecule has 1 saturated carbocycles. The first-order chi connectivity index (χ1) is 7.86. The summed E-state index contributed by atoms with van der Waals surface area (Å²) in [6.45, 7) is 0. The summed E-state index contributed by atoms with van der Waals surface area (Å²) in [5.74, 6) is 0.800. The molecule has 1 fully saturated rings. The van der Waals surface area contributed by atoms with Crippen molar-refractivity contribution in [1.82, 2.24) is 4.98 Å². The Kier molecular flexibility index (Phi) is 4.34. The van der Waals surface area contributed by atoms with Crippen molar-refractivity contribution in [2.75, 3.05) is 0 Å². The maximum atomic E-state index is 6.23. The zero-order chi connectivity index (χ0) is 11.2. The molecule has 0 saturated heterocycles. The lowest BCUT2D eigenvalue weighted by Gasteiger charge is -2.18. The first kappa shape index (κ1) is 11.6. The third kappa shape index (κ3) is 3.31. The lowest BCUT2D eigenvalue weighted by molar-refractivity contribution is 0.402. The number of nitrogens with zero attached hydrogens (tertiary/aromatic N) is 1. The molecule has 1 aliphatic carbocycles. The molecule has 2 rings (SSSR count). The van der Waals surface area contributed by atoms with Gasteiger partial charge in [-0.15, -0.1) is 0 Å². The van der Waals surface area contributed by atoms with Gasteiger partial charge in [0.2, 0.25) is 0 Å². The second kappa shape index (κ2) is 6.00. The predicted molar refractivity (Wildman–Crippen MR) is 67.1 cm³/mol. The molecule has 1 aliphatic rings. The Morgan fingerprint density at radius 1 is 1.38 bits per heavy atom. The fraction of sp³-hybridized carbons (Fsp3) is 0.643. The summed E-state index contributed by atoms with van der Waals surface area (Å²) in [5, 5.41) is 0. The molecule has 1 atom stereocenters. The molecular formula is C14H22N2. The van der Waals surface area contributed by atoms with E-state index in [1.165, 1.54) is 44.1 Å². The van der Waals surface area contributed by atoms with Crippen molar-refractivity contribution < 1.29 is 0 Å². The standard InChI is InChI=1S/C14H22N2/c15-14(13-7-1-2-8-13)9-3-5-12-6-4-10-16-11-12/h4,6,10-11,13-14H,1-3,5,7-9,15H2/t14-/m0/s1. The van der Waals surface area contributed by atoms with Gasteiger partial charge in [-0.1, -0.05) is 18.9 Å². The number of nitrogens with two attached hydrogens (primary N) is 1. The van der Waals surface area contributed by atoms with Crippen molar-refractivity contribution in [3.63, 3.8) is 0 Å². The van der Waals surface area contributed by atoms with Gasteiger partial charge in [0.05, 0.1) is 0 Å². The van der Waals surface area contributed by atoms with Crippen LogP contribution in [0.2, 0.25) is 0 Å². The summed E-state index contributed by atoms with van der Waals surface area (Å²) in [4.78, 5) is 4.13. The maximum Gasteiger partial charge on any atom is 0.0299 e. The highest BCUT2D eigenvalue weighted by molar-refractivity contribution is 5.08. The van der Waals surface area contributed by atoms with E-state index in [2.05, 4.69) is 11.1 Å². The summed E-state index contributed by atoms with van der Waals surface area (Å²) in [5.41, 5.74) is 7.56. The zero-order valence-electron chi connectivity index (χ0n) is 9.94. The van der Waals surface area contributed by atoms with Crippen LogP contribution in [0.1, 0.15) is 44.1 Å². The minimum absolute atomic E-state index is 0.430. The second-order valence-corrected chi connectivity index (χ2v) is 4.96. The lowest BCUT2D eigenvalue weighted by atomic mass is 9.94. The normalized spacial score (nSPS) is 18.8. The van der Waals surface area contributed by atoms with Gasteiger partial charge in [0.25, 0.3) is 0 Å². The van der Waals surface area contributed by atoms with E-state index in [4.69, 9.17) is 5.73 Å². The van der Waals surface area contributed by atoms with Crippen LogP contribution in [-0.4, -0.2) is 11.0 Å². The van der Waals surface area contributed by atoms with Gasteiger partial charge in [0.15, 0.2) is 0 Å². The molecule has 2 heteroatoms. The van der Waals surface area contributed by atoms with Gasteiger partial charge in [0, 0.05) is 18.4 Å². The zero-order valence-corrected chi connectivity index (χ0v) is 9.94. The van der Waals surface area contributed by atoms with E-state index < -0.39 is 0 Å². The maximum absolute atomic E-state index is 6.23. The van der Waals surface area contributed by atoms with Crippen molar-refractivity contribution >= 4 is 0 Å². The highest BCUT2D eigenvalue weighted by Gasteiger charge is 2.21. The summed E-state index contributed by atoms with van der Waals surface area (Å²) in [7, 11) is 0.